The van der Waals surface area contributed by atoms with Gasteiger partial charge in [-0.25, -0.2) is 13.4 Å². The number of nitrogens with one attached hydrogen (secondary N) is 1. The second-order valence-corrected chi connectivity index (χ2v) is 9.61. The number of sulfone groups is 1. The fourth-order valence-corrected chi connectivity index (χ4v) is 3.67. The molecule has 0 unspecified atom stereocenters. The van der Waals surface area contributed by atoms with Crippen molar-refractivity contribution in [3.63, 3.8) is 0 Å². The molecule has 0 aliphatic heterocycles. The lowest BCUT2D eigenvalue weighted by atomic mass is 10.1. The van der Waals surface area contributed by atoms with Gasteiger partial charge in [0.2, 0.25) is 0 Å². The third kappa shape index (κ3) is 5.79. The highest BCUT2D eigenvalue weighted by Gasteiger charge is 2.07. The van der Waals surface area contributed by atoms with E-state index < -0.39 is 9.84 Å². The Bertz CT molecular complexity index is 1140. The molecule has 0 spiro atoms. The van der Waals surface area contributed by atoms with Gasteiger partial charge in [0.15, 0.2) is 9.84 Å². The van der Waals surface area contributed by atoms with Gasteiger partial charge in [0.25, 0.3) is 0 Å². The van der Waals surface area contributed by atoms with E-state index in [1.807, 2.05) is 50.5 Å². The van der Waals surface area contributed by atoms with E-state index in [2.05, 4.69) is 10.2 Å². The molecule has 5 nitrogen and oxygen atoms in total. The van der Waals surface area contributed by atoms with E-state index in [4.69, 9.17) is 16.6 Å². The molecule has 0 atom stereocenters. The van der Waals surface area contributed by atoms with Crippen LogP contribution in [0.1, 0.15) is 11.3 Å². The first-order chi connectivity index (χ1) is 13.7. The standard InChI is InChI=1S/C22H24ClN3O2S/c1-26(2)13-12-24-22-15-18(25-21-11-7-17(23)14-20(21)22)8-4-16-5-9-19(10-6-16)29(3,27)28/h4-11,14-15H,12-13H2,1-3H3,(H,24,25). The SMILES string of the molecule is CN(C)CCNc1cc(C=Cc2ccc(S(C)(=O)=O)cc2)nc2ccc(Cl)cc12. The summed E-state index contributed by atoms with van der Waals surface area (Å²) in [6.07, 6.45) is 5.04. The minimum absolute atomic E-state index is 0.308. The summed E-state index contributed by atoms with van der Waals surface area (Å²) in [5.41, 5.74) is 3.54. The van der Waals surface area contributed by atoms with Crippen molar-refractivity contribution < 1.29 is 8.42 Å². The molecule has 0 bridgehead atoms. The van der Waals surface area contributed by atoms with Crippen LogP contribution in [-0.2, 0) is 9.84 Å². The highest BCUT2D eigenvalue weighted by Crippen LogP contribution is 2.27. The van der Waals surface area contributed by atoms with Crippen molar-refractivity contribution in [1.82, 2.24) is 9.88 Å². The van der Waals surface area contributed by atoms with Crippen LogP contribution >= 0.6 is 11.6 Å². The molecule has 0 fully saturated rings. The zero-order chi connectivity index (χ0) is 21.0. The Morgan fingerprint density at radius 3 is 2.45 bits per heavy atom. The fourth-order valence-electron chi connectivity index (χ4n) is 2.87. The number of nitrogens with zero attached hydrogens (tertiary/aromatic N) is 2. The quantitative estimate of drug-likeness (QED) is 0.601. The van der Waals surface area contributed by atoms with E-state index in [0.717, 1.165) is 40.9 Å². The van der Waals surface area contributed by atoms with E-state index in [-0.39, 0.29) is 0 Å². The van der Waals surface area contributed by atoms with Gasteiger partial charge >= 0.3 is 0 Å². The first-order valence-electron chi connectivity index (χ1n) is 9.19. The molecule has 3 rings (SSSR count). The summed E-state index contributed by atoms with van der Waals surface area (Å²) in [5.74, 6) is 0. The number of aromatic nitrogens is 1. The van der Waals surface area contributed by atoms with Crippen LogP contribution in [0.3, 0.4) is 0 Å². The number of benzene rings is 2. The molecule has 0 amide bonds. The number of rotatable bonds is 7. The van der Waals surface area contributed by atoms with E-state index >= 15 is 0 Å². The maximum absolute atomic E-state index is 11.6. The molecule has 2 aromatic carbocycles. The number of likely N-dealkylation sites (N-methyl/N-ethyl adjacent to an activating group) is 1. The van der Waals surface area contributed by atoms with Crippen LogP contribution in [0, 0.1) is 0 Å². The number of hydrogen-bond acceptors (Lipinski definition) is 5. The van der Waals surface area contributed by atoms with Crippen molar-refractivity contribution in [1.29, 1.82) is 0 Å². The van der Waals surface area contributed by atoms with Crippen LogP contribution in [0.2, 0.25) is 5.02 Å². The van der Waals surface area contributed by atoms with Crippen molar-refractivity contribution in [3.05, 3.63) is 64.8 Å². The molecule has 0 saturated heterocycles. The third-order valence-electron chi connectivity index (χ3n) is 4.42. The molecule has 0 aliphatic carbocycles. The number of hydrogen-bond donors (Lipinski definition) is 1. The molecule has 1 heterocycles. The third-order valence-corrected chi connectivity index (χ3v) is 5.78. The molecule has 7 heteroatoms. The average molecular weight is 430 g/mol. The summed E-state index contributed by atoms with van der Waals surface area (Å²) >= 11 is 6.18. The number of halogens is 1. The zero-order valence-electron chi connectivity index (χ0n) is 16.7. The van der Waals surface area contributed by atoms with Gasteiger partial charge in [-0.2, -0.15) is 0 Å². The van der Waals surface area contributed by atoms with E-state index in [1.165, 1.54) is 6.26 Å². The molecular weight excluding hydrogens is 406 g/mol. The Labute approximate surface area is 176 Å². The Hall–Kier alpha value is -2.41. The van der Waals surface area contributed by atoms with Crippen molar-refractivity contribution in [2.24, 2.45) is 0 Å². The maximum Gasteiger partial charge on any atom is 0.175 e. The minimum Gasteiger partial charge on any atom is -0.383 e. The molecule has 152 valence electrons. The summed E-state index contributed by atoms with van der Waals surface area (Å²) in [6, 6.07) is 14.4. The van der Waals surface area contributed by atoms with Gasteiger partial charge in [0.1, 0.15) is 0 Å². The van der Waals surface area contributed by atoms with Crippen LogP contribution in [0.5, 0.6) is 0 Å². The van der Waals surface area contributed by atoms with Crippen LogP contribution in [0.25, 0.3) is 23.1 Å². The normalized spacial score (nSPS) is 12.2. The molecule has 1 aromatic heterocycles. The molecule has 0 radical (unpaired) electrons. The monoisotopic (exact) mass is 429 g/mol. The minimum atomic E-state index is -3.19. The van der Waals surface area contributed by atoms with Gasteiger partial charge in [0, 0.05) is 35.4 Å². The summed E-state index contributed by atoms with van der Waals surface area (Å²) < 4.78 is 23.2. The number of fused-ring (bicyclic) bond motifs is 1. The highest BCUT2D eigenvalue weighted by atomic mass is 35.5. The van der Waals surface area contributed by atoms with Gasteiger partial charge in [-0.05, 0) is 62.1 Å². The number of pyridine rings is 1. The Morgan fingerprint density at radius 2 is 1.79 bits per heavy atom. The molecular formula is C22H24ClN3O2S. The largest absolute Gasteiger partial charge is 0.383 e. The lowest BCUT2D eigenvalue weighted by Crippen LogP contribution is -2.20. The van der Waals surface area contributed by atoms with Crippen molar-refractivity contribution >= 4 is 50.2 Å². The Balaban J connectivity index is 1.90. The Morgan fingerprint density at radius 1 is 1.07 bits per heavy atom. The first kappa shape index (κ1) is 21.3. The van der Waals surface area contributed by atoms with Gasteiger partial charge in [-0.3, -0.25) is 0 Å². The molecule has 3 aromatic rings. The Kier molecular flexibility index (Phi) is 6.57. The molecule has 0 saturated carbocycles. The van der Waals surface area contributed by atoms with Gasteiger partial charge in [-0.15, -0.1) is 0 Å². The zero-order valence-corrected chi connectivity index (χ0v) is 18.3. The number of anilines is 1. The van der Waals surface area contributed by atoms with Crippen LogP contribution in [-0.4, -0.2) is 51.7 Å². The van der Waals surface area contributed by atoms with E-state index in [0.29, 0.717) is 9.92 Å². The van der Waals surface area contributed by atoms with E-state index in [1.54, 1.807) is 24.3 Å². The van der Waals surface area contributed by atoms with Crippen molar-refractivity contribution in [2.45, 2.75) is 4.90 Å². The van der Waals surface area contributed by atoms with Gasteiger partial charge in [0.05, 0.1) is 16.1 Å². The predicted octanol–water partition coefficient (Wildman–Crippen LogP) is 4.44. The van der Waals surface area contributed by atoms with Crippen LogP contribution < -0.4 is 5.32 Å². The predicted molar refractivity (Wildman–Crippen MR) is 122 cm³/mol. The second-order valence-electron chi connectivity index (χ2n) is 7.16. The van der Waals surface area contributed by atoms with Crippen LogP contribution in [0.15, 0.2) is 53.4 Å². The lowest BCUT2D eigenvalue weighted by molar-refractivity contribution is 0.425. The summed E-state index contributed by atoms with van der Waals surface area (Å²) in [7, 11) is 0.874. The molecule has 0 aliphatic rings. The average Bonchev–Trinajstić information content (AvgIpc) is 2.66. The summed E-state index contributed by atoms with van der Waals surface area (Å²) in [6.45, 7) is 1.71. The van der Waals surface area contributed by atoms with Gasteiger partial charge < -0.3 is 10.2 Å². The second kappa shape index (κ2) is 8.95. The van der Waals surface area contributed by atoms with Crippen molar-refractivity contribution in [3.8, 4) is 0 Å². The summed E-state index contributed by atoms with van der Waals surface area (Å²) in [5, 5.41) is 5.12. The first-order valence-corrected chi connectivity index (χ1v) is 11.5. The maximum atomic E-state index is 11.6. The van der Waals surface area contributed by atoms with Crippen LogP contribution in [0.4, 0.5) is 5.69 Å². The molecule has 1 N–H and O–H groups in total. The van der Waals surface area contributed by atoms with Crippen molar-refractivity contribution in [2.75, 3.05) is 38.8 Å². The van der Waals surface area contributed by atoms with E-state index in [9.17, 15) is 8.42 Å². The smallest absolute Gasteiger partial charge is 0.175 e. The molecule has 29 heavy (non-hydrogen) atoms. The lowest BCUT2D eigenvalue weighted by Gasteiger charge is -2.14. The van der Waals surface area contributed by atoms with Gasteiger partial charge in [-0.1, -0.05) is 29.8 Å². The topological polar surface area (TPSA) is 62.3 Å². The fraction of sp³-hybridized carbons (Fsp3) is 0.227. The highest BCUT2D eigenvalue weighted by molar-refractivity contribution is 7.90. The summed E-state index contributed by atoms with van der Waals surface area (Å²) in [4.78, 5) is 7.12.